The summed E-state index contributed by atoms with van der Waals surface area (Å²) in [5.74, 6) is 1.45. The summed E-state index contributed by atoms with van der Waals surface area (Å²) >= 11 is 0. The van der Waals surface area contributed by atoms with Gasteiger partial charge in [-0.25, -0.2) is 0 Å². The van der Waals surface area contributed by atoms with Gasteiger partial charge in [0.25, 0.3) is 0 Å². The van der Waals surface area contributed by atoms with E-state index in [2.05, 4.69) is 13.5 Å². The number of methoxy groups -OCH3 is 1. The van der Waals surface area contributed by atoms with Gasteiger partial charge in [-0.2, -0.15) is 0 Å². The lowest BCUT2D eigenvalue weighted by atomic mass is 10.2. The third-order valence-corrected chi connectivity index (χ3v) is 2.40. The molecule has 1 aromatic rings. The van der Waals surface area contributed by atoms with E-state index in [1.807, 2.05) is 18.2 Å². The van der Waals surface area contributed by atoms with Crippen LogP contribution in [-0.4, -0.2) is 13.7 Å². The quantitative estimate of drug-likeness (QED) is 0.751. The van der Waals surface area contributed by atoms with Gasteiger partial charge in [0, 0.05) is 6.54 Å². The molecule has 0 amide bonds. The van der Waals surface area contributed by atoms with Crippen molar-refractivity contribution in [1.82, 2.24) is 0 Å². The maximum absolute atomic E-state index is 5.61. The molecule has 1 aromatic carbocycles. The van der Waals surface area contributed by atoms with Crippen LogP contribution in [0.25, 0.3) is 0 Å². The Balaban J connectivity index is 2.75. The molecule has 0 aliphatic heterocycles. The van der Waals surface area contributed by atoms with E-state index < -0.39 is 0 Å². The molecule has 0 saturated heterocycles. The predicted octanol–water partition coefficient (Wildman–Crippen LogP) is 2.50. The fraction of sp³-hybridized carbons (Fsp3) is 0.385. The second kappa shape index (κ2) is 6.18. The van der Waals surface area contributed by atoms with Crippen LogP contribution in [0.4, 0.5) is 0 Å². The summed E-state index contributed by atoms with van der Waals surface area (Å²) in [6, 6.07) is 5.71. The highest BCUT2D eigenvalue weighted by molar-refractivity contribution is 5.43. The number of rotatable bonds is 6. The summed E-state index contributed by atoms with van der Waals surface area (Å²) in [6.45, 7) is 6.97. The molecule has 1 rings (SSSR count). The van der Waals surface area contributed by atoms with Crippen molar-refractivity contribution in [2.75, 3.05) is 13.7 Å². The van der Waals surface area contributed by atoms with Gasteiger partial charge in [0.05, 0.1) is 7.11 Å². The second-order valence-electron chi connectivity index (χ2n) is 3.58. The molecule has 0 radical (unpaired) electrons. The fourth-order valence-corrected chi connectivity index (χ4v) is 1.24. The van der Waals surface area contributed by atoms with E-state index >= 15 is 0 Å². The normalized spacial score (nSPS) is 9.94. The molecule has 0 aliphatic rings. The van der Waals surface area contributed by atoms with Crippen molar-refractivity contribution in [2.24, 2.45) is 5.73 Å². The molecule has 3 heteroatoms. The summed E-state index contributed by atoms with van der Waals surface area (Å²) in [6.07, 6.45) is 0.920. The Labute approximate surface area is 96.9 Å². The molecule has 0 aromatic heterocycles. The van der Waals surface area contributed by atoms with Crippen molar-refractivity contribution in [3.63, 3.8) is 0 Å². The zero-order valence-corrected chi connectivity index (χ0v) is 9.95. The molecule has 0 fully saturated rings. The van der Waals surface area contributed by atoms with Gasteiger partial charge in [-0.3, -0.25) is 0 Å². The average Bonchev–Trinajstić information content (AvgIpc) is 2.35. The van der Waals surface area contributed by atoms with Crippen LogP contribution in [-0.2, 0) is 6.54 Å². The summed E-state index contributed by atoms with van der Waals surface area (Å²) in [5.41, 5.74) is 7.64. The molecular formula is C13H19NO2. The van der Waals surface area contributed by atoms with E-state index in [4.69, 9.17) is 15.2 Å². The molecule has 88 valence electrons. The molecule has 0 heterocycles. The van der Waals surface area contributed by atoms with Crippen LogP contribution in [0, 0.1) is 0 Å². The van der Waals surface area contributed by atoms with Crippen LogP contribution >= 0.6 is 0 Å². The Morgan fingerprint density at radius 3 is 2.69 bits per heavy atom. The SMILES string of the molecule is C=C(CC)COc1ccc(CN)cc1OC. The fourth-order valence-electron chi connectivity index (χ4n) is 1.24. The molecule has 0 atom stereocenters. The lowest BCUT2D eigenvalue weighted by Gasteiger charge is -2.12. The van der Waals surface area contributed by atoms with Crippen LogP contribution in [0.2, 0.25) is 0 Å². The highest BCUT2D eigenvalue weighted by Crippen LogP contribution is 2.28. The molecule has 0 spiro atoms. The highest BCUT2D eigenvalue weighted by Gasteiger charge is 2.05. The maximum Gasteiger partial charge on any atom is 0.161 e. The predicted molar refractivity (Wildman–Crippen MR) is 65.8 cm³/mol. The Hall–Kier alpha value is -1.48. The van der Waals surface area contributed by atoms with Gasteiger partial charge in [-0.1, -0.05) is 19.6 Å². The van der Waals surface area contributed by atoms with Gasteiger partial charge in [-0.05, 0) is 29.7 Å². The molecular weight excluding hydrogens is 202 g/mol. The van der Waals surface area contributed by atoms with Crippen LogP contribution < -0.4 is 15.2 Å². The first kappa shape index (κ1) is 12.6. The Kier molecular flexibility index (Phi) is 4.86. The minimum absolute atomic E-state index is 0.498. The van der Waals surface area contributed by atoms with Gasteiger partial charge in [-0.15, -0.1) is 0 Å². The Morgan fingerprint density at radius 2 is 2.12 bits per heavy atom. The van der Waals surface area contributed by atoms with Gasteiger partial charge in [0.15, 0.2) is 11.5 Å². The molecule has 2 N–H and O–H groups in total. The number of benzene rings is 1. The van der Waals surface area contributed by atoms with Gasteiger partial charge < -0.3 is 15.2 Å². The minimum Gasteiger partial charge on any atom is -0.493 e. The van der Waals surface area contributed by atoms with Crippen LogP contribution in [0.15, 0.2) is 30.4 Å². The number of nitrogens with two attached hydrogens (primary N) is 1. The van der Waals surface area contributed by atoms with Gasteiger partial charge >= 0.3 is 0 Å². The Bertz CT molecular complexity index is 361. The average molecular weight is 221 g/mol. The number of ether oxygens (including phenoxy) is 2. The van der Waals surface area contributed by atoms with Crippen molar-refractivity contribution in [3.05, 3.63) is 35.9 Å². The third kappa shape index (κ3) is 3.28. The first-order valence-corrected chi connectivity index (χ1v) is 5.37. The van der Waals surface area contributed by atoms with Crippen molar-refractivity contribution < 1.29 is 9.47 Å². The summed E-state index contributed by atoms with van der Waals surface area (Å²) in [7, 11) is 1.62. The van der Waals surface area contributed by atoms with Crippen molar-refractivity contribution in [1.29, 1.82) is 0 Å². The van der Waals surface area contributed by atoms with E-state index in [0.717, 1.165) is 23.3 Å². The summed E-state index contributed by atoms with van der Waals surface area (Å²) in [5, 5.41) is 0. The lowest BCUT2D eigenvalue weighted by Crippen LogP contribution is -2.02. The molecule has 3 nitrogen and oxygen atoms in total. The zero-order chi connectivity index (χ0) is 12.0. The smallest absolute Gasteiger partial charge is 0.161 e. The van der Waals surface area contributed by atoms with Gasteiger partial charge in [0.2, 0.25) is 0 Å². The molecule has 0 aliphatic carbocycles. The van der Waals surface area contributed by atoms with Crippen LogP contribution in [0.1, 0.15) is 18.9 Å². The maximum atomic E-state index is 5.61. The molecule has 0 unspecified atom stereocenters. The topological polar surface area (TPSA) is 44.5 Å². The van der Waals surface area contributed by atoms with Crippen LogP contribution in [0.5, 0.6) is 11.5 Å². The summed E-state index contributed by atoms with van der Waals surface area (Å²) < 4.78 is 10.9. The minimum atomic E-state index is 0.498. The van der Waals surface area contributed by atoms with Crippen LogP contribution in [0.3, 0.4) is 0 Å². The molecule has 0 bridgehead atoms. The monoisotopic (exact) mass is 221 g/mol. The lowest BCUT2D eigenvalue weighted by molar-refractivity contribution is 0.317. The molecule has 16 heavy (non-hydrogen) atoms. The van der Waals surface area contributed by atoms with E-state index in [0.29, 0.717) is 18.9 Å². The van der Waals surface area contributed by atoms with Crippen molar-refractivity contribution in [2.45, 2.75) is 19.9 Å². The van der Waals surface area contributed by atoms with Crippen molar-refractivity contribution >= 4 is 0 Å². The van der Waals surface area contributed by atoms with Crippen molar-refractivity contribution in [3.8, 4) is 11.5 Å². The first-order valence-electron chi connectivity index (χ1n) is 5.37. The number of hydrogen-bond acceptors (Lipinski definition) is 3. The van der Waals surface area contributed by atoms with E-state index in [-0.39, 0.29) is 0 Å². The summed E-state index contributed by atoms with van der Waals surface area (Å²) in [4.78, 5) is 0. The number of hydrogen-bond donors (Lipinski definition) is 1. The van der Waals surface area contributed by atoms with E-state index in [1.54, 1.807) is 7.11 Å². The molecule has 0 saturated carbocycles. The highest BCUT2D eigenvalue weighted by atomic mass is 16.5. The van der Waals surface area contributed by atoms with E-state index in [1.165, 1.54) is 0 Å². The second-order valence-corrected chi connectivity index (χ2v) is 3.58. The van der Waals surface area contributed by atoms with Gasteiger partial charge in [0.1, 0.15) is 6.61 Å². The first-order chi connectivity index (χ1) is 7.71. The Morgan fingerprint density at radius 1 is 1.38 bits per heavy atom. The third-order valence-electron chi connectivity index (χ3n) is 2.40. The largest absolute Gasteiger partial charge is 0.493 e. The standard InChI is InChI=1S/C13H19NO2/c1-4-10(2)9-16-12-6-5-11(8-14)7-13(12)15-3/h5-7H,2,4,8-9,14H2,1,3H3. The zero-order valence-electron chi connectivity index (χ0n) is 9.95. The van der Waals surface area contributed by atoms with E-state index in [9.17, 15) is 0 Å².